The van der Waals surface area contributed by atoms with Gasteiger partial charge in [0, 0.05) is 18.7 Å². The van der Waals surface area contributed by atoms with Crippen molar-refractivity contribution < 1.29 is 4.74 Å². The van der Waals surface area contributed by atoms with Crippen LogP contribution in [0.25, 0.3) is 0 Å². The molecule has 1 saturated carbocycles. The molecule has 4 unspecified atom stereocenters. The molecule has 2 heteroatoms. The Morgan fingerprint density at radius 3 is 2.73 bits per heavy atom. The molecule has 0 aromatic carbocycles. The second-order valence-electron chi connectivity index (χ2n) is 5.29. The number of nitrogens with one attached hydrogen (secondary N) is 1. The molecule has 2 nitrogen and oxygen atoms in total. The van der Waals surface area contributed by atoms with Crippen molar-refractivity contribution in [2.24, 2.45) is 11.8 Å². The topological polar surface area (TPSA) is 21.3 Å². The summed E-state index contributed by atoms with van der Waals surface area (Å²) in [4.78, 5) is 0. The fourth-order valence-electron chi connectivity index (χ4n) is 3.23. The molecule has 0 aromatic heterocycles. The zero-order valence-electron chi connectivity index (χ0n) is 10.2. The maximum Gasteiger partial charge on any atom is 0.0619 e. The summed E-state index contributed by atoms with van der Waals surface area (Å²) in [6.07, 6.45) is 6.68. The first-order valence-electron chi connectivity index (χ1n) is 6.65. The van der Waals surface area contributed by atoms with Gasteiger partial charge in [-0.2, -0.15) is 0 Å². The van der Waals surface area contributed by atoms with Crippen molar-refractivity contribution in [1.29, 1.82) is 0 Å². The molecule has 0 radical (unpaired) electrons. The molecule has 88 valence electrons. The Balaban J connectivity index is 1.79. The molecule has 15 heavy (non-hydrogen) atoms. The largest absolute Gasteiger partial charge is 0.380 e. The summed E-state index contributed by atoms with van der Waals surface area (Å²) >= 11 is 0. The molecule has 2 aliphatic rings. The maximum absolute atomic E-state index is 5.52. The van der Waals surface area contributed by atoms with E-state index in [1.54, 1.807) is 0 Å². The van der Waals surface area contributed by atoms with Crippen molar-refractivity contribution in [2.45, 2.75) is 58.0 Å². The minimum atomic E-state index is 0.627. The van der Waals surface area contributed by atoms with Gasteiger partial charge in [0.1, 0.15) is 0 Å². The van der Waals surface area contributed by atoms with Crippen molar-refractivity contribution in [3.8, 4) is 0 Å². The number of hydrogen-bond acceptors (Lipinski definition) is 2. The minimum Gasteiger partial charge on any atom is -0.380 e. The summed E-state index contributed by atoms with van der Waals surface area (Å²) < 4.78 is 5.52. The molecule has 0 bridgehead atoms. The van der Waals surface area contributed by atoms with Gasteiger partial charge in [0.2, 0.25) is 0 Å². The van der Waals surface area contributed by atoms with E-state index in [0.717, 1.165) is 31.1 Å². The summed E-state index contributed by atoms with van der Waals surface area (Å²) in [5.41, 5.74) is 0. The van der Waals surface area contributed by atoms with E-state index in [4.69, 9.17) is 4.74 Å². The van der Waals surface area contributed by atoms with Gasteiger partial charge in [-0.05, 0) is 37.5 Å². The van der Waals surface area contributed by atoms with E-state index in [9.17, 15) is 0 Å². The normalized spacial score (nSPS) is 42.0. The first kappa shape index (κ1) is 11.4. The lowest BCUT2D eigenvalue weighted by molar-refractivity contribution is 0.0641. The average molecular weight is 211 g/mol. The van der Waals surface area contributed by atoms with Crippen LogP contribution in [0.1, 0.15) is 46.0 Å². The van der Waals surface area contributed by atoms with E-state index < -0.39 is 0 Å². The van der Waals surface area contributed by atoms with Crippen LogP contribution in [-0.4, -0.2) is 25.3 Å². The predicted octanol–water partition coefficient (Wildman–Crippen LogP) is 2.58. The molecule has 1 aliphatic heterocycles. The molecule has 2 fully saturated rings. The third-order valence-electron chi connectivity index (χ3n) is 4.36. The van der Waals surface area contributed by atoms with Gasteiger partial charge in [0.15, 0.2) is 0 Å². The van der Waals surface area contributed by atoms with Crippen LogP contribution in [0.2, 0.25) is 0 Å². The summed E-state index contributed by atoms with van der Waals surface area (Å²) in [6.45, 7) is 6.64. The highest BCUT2D eigenvalue weighted by atomic mass is 16.5. The van der Waals surface area contributed by atoms with E-state index in [-0.39, 0.29) is 0 Å². The van der Waals surface area contributed by atoms with Gasteiger partial charge >= 0.3 is 0 Å². The SMILES string of the molecule is CCC1CCC(NC2CCCOC2)C1C. The summed E-state index contributed by atoms with van der Waals surface area (Å²) in [6, 6.07) is 1.38. The monoisotopic (exact) mass is 211 g/mol. The number of ether oxygens (including phenoxy) is 1. The highest BCUT2D eigenvalue weighted by Gasteiger charge is 2.32. The molecular formula is C13H25NO. The molecular weight excluding hydrogens is 186 g/mol. The van der Waals surface area contributed by atoms with Crippen LogP contribution in [0.5, 0.6) is 0 Å². The highest BCUT2D eigenvalue weighted by molar-refractivity contribution is 4.88. The molecule has 4 atom stereocenters. The molecule has 1 aliphatic carbocycles. The predicted molar refractivity (Wildman–Crippen MR) is 62.9 cm³/mol. The maximum atomic E-state index is 5.52. The lowest BCUT2D eigenvalue weighted by Gasteiger charge is -2.29. The minimum absolute atomic E-state index is 0.627. The molecule has 1 N–H and O–H groups in total. The fraction of sp³-hybridized carbons (Fsp3) is 1.00. The zero-order chi connectivity index (χ0) is 10.7. The van der Waals surface area contributed by atoms with Gasteiger partial charge < -0.3 is 10.1 Å². The quantitative estimate of drug-likeness (QED) is 0.774. The molecule has 0 aromatic rings. The van der Waals surface area contributed by atoms with Crippen LogP contribution in [-0.2, 0) is 4.74 Å². The third kappa shape index (κ3) is 2.73. The van der Waals surface area contributed by atoms with Crippen LogP contribution >= 0.6 is 0 Å². The van der Waals surface area contributed by atoms with Gasteiger partial charge in [0.05, 0.1) is 6.61 Å². The molecule has 0 amide bonds. The molecule has 2 rings (SSSR count). The van der Waals surface area contributed by atoms with Gasteiger partial charge in [0.25, 0.3) is 0 Å². The Morgan fingerprint density at radius 1 is 1.27 bits per heavy atom. The second kappa shape index (κ2) is 5.31. The van der Waals surface area contributed by atoms with E-state index in [1.165, 1.54) is 32.1 Å². The van der Waals surface area contributed by atoms with Crippen LogP contribution in [0.15, 0.2) is 0 Å². The molecule has 0 spiro atoms. The molecule has 1 saturated heterocycles. The van der Waals surface area contributed by atoms with Crippen LogP contribution in [0.3, 0.4) is 0 Å². The first-order valence-corrected chi connectivity index (χ1v) is 6.65. The number of rotatable bonds is 3. The van der Waals surface area contributed by atoms with Gasteiger partial charge in [-0.25, -0.2) is 0 Å². The average Bonchev–Trinajstić information content (AvgIpc) is 2.62. The van der Waals surface area contributed by atoms with Crippen LogP contribution < -0.4 is 5.32 Å². The Morgan fingerprint density at radius 2 is 2.13 bits per heavy atom. The Kier molecular flexibility index (Phi) is 4.04. The number of hydrogen-bond donors (Lipinski definition) is 1. The van der Waals surface area contributed by atoms with E-state index in [1.807, 2.05) is 0 Å². The van der Waals surface area contributed by atoms with Crippen LogP contribution in [0.4, 0.5) is 0 Å². The first-order chi connectivity index (χ1) is 7.31. The highest BCUT2D eigenvalue weighted by Crippen LogP contribution is 2.34. The summed E-state index contributed by atoms with van der Waals surface area (Å²) in [5, 5.41) is 3.81. The van der Waals surface area contributed by atoms with Crippen molar-refractivity contribution in [2.75, 3.05) is 13.2 Å². The third-order valence-corrected chi connectivity index (χ3v) is 4.36. The summed E-state index contributed by atoms with van der Waals surface area (Å²) in [5.74, 6) is 1.81. The van der Waals surface area contributed by atoms with Gasteiger partial charge in [-0.15, -0.1) is 0 Å². The van der Waals surface area contributed by atoms with Gasteiger partial charge in [-0.3, -0.25) is 0 Å². The van der Waals surface area contributed by atoms with Crippen LogP contribution in [0, 0.1) is 11.8 Å². The lowest BCUT2D eigenvalue weighted by atomic mass is 9.93. The fourth-order valence-corrected chi connectivity index (χ4v) is 3.23. The second-order valence-corrected chi connectivity index (χ2v) is 5.29. The van der Waals surface area contributed by atoms with E-state index in [2.05, 4.69) is 19.2 Å². The van der Waals surface area contributed by atoms with Gasteiger partial charge in [-0.1, -0.05) is 20.3 Å². The van der Waals surface area contributed by atoms with E-state index in [0.29, 0.717) is 6.04 Å². The Bertz CT molecular complexity index is 189. The Labute approximate surface area is 93.8 Å². The zero-order valence-corrected chi connectivity index (χ0v) is 10.2. The van der Waals surface area contributed by atoms with Crippen molar-refractivity contribution in [3.05, 3.63) is 0 Å². The lowest BCUT2D eigenvalue weighted by Crippen LogP contribution is -2.44. The standard InChI is InChI=1S/C13H25NO/c1-3-11-6-7-13(10(11)2)14-12-5-4-8-15-9-12/h10-14H,3-9H2,1-2H3. The van der Waals surface area contributed by atoms with Crippen molar-refractivity contribution in [3.63, 3.8) is 0 Å². The summed E-state index contributed by atoms with van der Waals surface area (Å²) in [7, 11) is 0. The van der Waals surface area contributed by atoms with E-state index >= 15 is 0 Å². The van der Waals surface area contributed by atoms with Crippen molar-refractivity contribution >= 4 is 0 Å². The van der Waals surface area contributed by atoms with Crippen molar-refractivity contribution in [1.82, 2.24) is 5.32 Å². The molecule has 1 heterocycles. The Hall–Kier alpha value is -0.0800. The smallest absolute Gasteiger partial charge is 0.0619 e.